The molecular weight excluding hydrogens is 226 g/mol. The van der Waals surface area contributed by atoms with Gasteiger partial charge in [0.2, 0.25) is 0 Å². The van der Waals surface area contributed by atoms with E-state index in [0.717, 1.165) is 58.7 Å². The van der Waals surface area contributed by atoms with Gasteiger partial charge in [0.15, 0.2) is 0 Å². The Bertz CT molecular complexity index is 254. The second kappa shape index (κ2) is 5.87. The smallest absolute Gasteiger partial charge is 0.0798 e. The van der Waals surface area contributed by atoms with Gasteiger partial charge in [-0.05, 0) is 33.7 Å². The van der Waals surface area contributed by atoms with Crippen LogP contribution in [0.4, 0.5) is 0 Å². The number of hydrogen-bond donors (Lipinski definition) is 1. The van der Waals surface area contributed by atoms with Crippen LogP contribution in [0, 0.1) is 0 Å². The number of nitrogens with zero attached hydrogens (tertiary/aromatic N) is 3. The van der Waals surface area contributed by atoms with Gasteiger partial charge in [-0.25, -0.2) is 0 Å². The van der Waals surface area contributed by atoms with Crippen molar-refractivity contribution in [3.8, 4) is 0 Å². The van der Waals surface area contributed by atoms with E-state index in [1.165, 1.54) is 0 Å². The number of aliphatic hydroxyl groups is 1. The zero-order chi connectivity index (χ0) is 13.2. The van der Waals surface area contributed by atoms with E-state index in [1.807, 2.05) is 0 Å². The molecule has 0 radical (unpaired) electrons. The van der Waals surface area contributed by atoms with Gasteiger partial charge in [-0.2, -0.15) is 0 Å². The summed E-state index contributed by atoms with van der Waals surface area (Å²) in [5.41, 5.74) is -0.443. The van der Waals surface area contributed by atoms with Crippen LogP contribution in [0.25, 0.3) is 0 Å². The molecule has 0 aromatic rings. The van der Waals surface area contributed by atoms with Crippen molar-refractivity contribution in [2.75, 3.05) is 52.9 Å². The maximum atomic E-state index is 10.7. The predicted octanol–water partition coefficient (Wildman–Crippen LogP) is 0.469. The van der Waals surface area contributed by atoms with Crippen molar-refractivity contribution in [3.05, 3.63) is 0 Å². The lowest BCUT2D eigenvalue weighted by Crippen LogP contribution is -2.55. The Morgan fingerprint density at radius 1 is 1.00 bits per heavy atom. The van der Waals surface area contributed by atoms with E-state index < -0.39 is 5.60 Å². The summed E-state index contributed by atoms with van der Waals surface area (Å²) in [7, 11) is 2.17. The van der Waals surface area contributed by atoms with Gasteiger partial charge in [0.1, 0.15) is 0 Å². The fourth-order valence-electron chi connectivity index (χ4n) is 3.04. The summed E-state index contributed by atoms with van der Waals surface area (Å²) in [5, 5.41) is 10.7. The average Bonchev–Trinajstić information content (AvgIpc) is 2.32. The number of hydrogen-bond acceptors (Lipinski definition) is 4. The molecule has 2 fully saturated rings. The SMILES string of the molecule is CC(C)N1CCC(O)(CN2CCN(C)CC2)CC1. The highest BCUT2D eigenvalue weighted by Gasteiger charge is 2.35. The Hall–Kier alpha value is -0.160. The minimum atomic E-state index is -0.443. The Kier molecular flexibility index (Phi) is 4.64. The lowest BCUT2D eigenvalue weighted by atomic mass is 9.90. The molecule has 0 aliphatic carbocycles. The first-order chi connectivity index (χ1) is 8.48. The summed E-state index contributed by atoms with van der Waals surface area (Å²) >= 11 is 0. The summed E-state index contributed by atoms with van der Waals surface area (Å²) in [6, 6.07) is 0.609. The molecule has 0 spiro atoms. The summed E-state index contributed by atoms with van der Waals surface area (Å²) in [4.78, 5) is 7.27. The minimum Gasteiger partial charge on any atom is -0.388 e. The lowest BCUT2D eigenvalue weighted by Gasteiger charge is -2.43. The molecular formula is C14H29N3O. The molecule has 0 amide bonds. The number of likely N-dealkylation sites (tertiary alicyclic amines) is 1. The van der Waals surface area contributed by atoms with Crippen LogP contribution >= 0.6 is 0 Å². The summed E-state index contributed by atoms with van der Waals surface area (Å²) < 4.78 is 0. The average molecular weight is 255 g/mol. The molecule has 2 rings (SSSR count). The molecule has 0 aromatic carbocycles. The van der Waals surface area contributed by atoms with Crippen LogP contribution in [0.1, 0.15) is 26.7 Å². The van der Waals surface area contributed by atoms with Gasteiger partial charge in [0.25, 0.3) is 0 Å². The Morgan fingerprint density at radius 3 is 2.06 bits per heavy atom. The van der Waals surface area contributed by atoms with Crippen molar-refractivity contribution in [1.29, 1.82) is 0 Å². The number of likely N-dealkylation sites (N-methyl/N-ethyl adjacent to an activating group) is 1. The molecule has 0 aromatic heterocycles. The van der Waals surface area contributed by atoms with Crippen molar-refractivity contribution in [2.24, 2.45) is 0 Å². The highest BCUT2D eigenvalue weighted by Crippen LogP contribution is 2.24. The van der Waals surface area contributed by atoms with E-state index in [4.69, 9.17) is 0 Å². The van der Waals surface area contributed by atoms with E-state index >= 15 is 0 Å². The van der Waals surface area contributed by atoms with Crippen LogP contribution in [0.3, 0.4) is 0 Å². The van der Waals surface area contributed by atoms with Gasteiger partial charge in [-0.3, -0.25) is 4.90 Å². The van der Waals surface area contributed by atoms with E-state index in [0.29, 0.717) is 6.04 Å². The van der Waals surface area contributed by atoms with Crippen molar-refractivity contribution in [3.63, 3.8) is 0 Å². The first-order valence-corrected chi connectivity index (χ1v) is 7.36. The summed E-state index contributed by atoms with van der Waals surface area (Å²) in [5.74, 6) is 0. The van der Waals surface area contributed by atoms with Crippen LogP contribution < -0.4 is 0 Å². The summed E-state index contributed by atoms with van der Waals surface area (Å²) in [6.07, 6.45) is 1.86. The normalized spacial score (nSPS) is 27.8. The molecule has 0 bridgehead atoms. The molecule has 2 aliphatic heterocycles. The second-order valence-corrected chi connectivity index (χ2v) is 6.43. The zero-order valence-electron chi connectivity index (χ0n) is 12.2. The van der Waals surface area contributed by atoms with Crippen LogP contribution in [0.15, 0.2) is 0 Å². The van der Waals surface area contributed by atoms with Gasteiger partial charge in [-0.1, -0.05) is 0 Å². The Morgan fingerprint density at radius 2 is 1.56 bits per heavy atom. The van der Waals surface area contributed by atoms with E-state index in [2.05, 4.69) is 35.6 Å². The standard InChI is InChI=1S/C14H29N3O/c1-13(2)17-6-4-14(18,5-7-17)12-16-10-8-15(3)9-11-16/h13,18H,4-12H2,1-3H3. The molecule has 106 valence electrons. The maximum absolute atomic E-state index is 10.7. The number of β-amino-alcohol motifs (C(OH)–C–C–N with tert-alkyl or cyclic N) is 1. The topological polar surface area (TPSA) is 30.0 Å². The molecule has 0 atom stereocenters. The molecule has 2 saturated heterocycles. The van der Waals surface area contributed by atoms with Crippen LogP contribution in [0.5, 0.6) is 0 Å². The number of piperazine rings is 1. The maximum Gasteiger partial charge on any atom is 0.0798 e. The zero-order valence-corrected chi connectivity index (χ0v) is 12.2. The van der Waals surface area contributed by atoms with E-state index in [9.17, 15) is 5.11 Å². The van der Waals surface area contributed by atoms with Crippen molar-refractivity contribution < 1.29 is 5.11 Å². The fraction of sp³-hybridized carbons (Fsp3) is 1.00. The largest absolute Gasteiger partial charge is 0.388 e. The first-order valence-electron chi connectivity index (χ1n) is 7.36. The molecule has 2 heterocycles. The molecule has 18 heavy (non-hydrogen) atoms. The van der Waals surface area contributed by atoms with Crippen molar-refractivity contribution >= 4 is 0 Å². The highest BCUT2D eigenvalue weighted by atomic mass is 16.3. The van der Waals surface area contributed by atoms with E-state index in [-0.39, 0.29) is 0 Å². The van der Waals surface area contributed by atoms with Gasteiger partial charge in [-0.15, -0.1) is 0 Å². The Labute approximate surface area is 112 Å². The monoisotopic (exact) mass is 255 g/mol. The molecule has 0 saturated carbocycles. The third-order valence-electron chi connectivity index (χ3n) is 4.57. The first kappa shape index (κ1) is 14.3. The van der Waals surface area contributed by atoms with E-state index in [1.54, 1.807) is 0 Å². The van der Waals surface area contributed by atoms with Gasteiger partial charge >= 0.3 is 0 Å². The number of rotatable bonds is 3. The molecule has 1 N–H and O–H groups in total. The molecule has 4 nitrogen and oxygen atoms in total. The fourth-order valence-corrected chi connectivity index (χ4v) is 3.04. The van der Waals surface area contributed by atoms with Gasteiger partial charge < -0.3 is 14.9 Å². The van der Waals surface area contributed by atoms with Crippen molar-refractivity contribution in [1.82, 2.24) is 14.7 Å². The summed E-state index contributed by atoms with van der Waals surface area (Å²) in [6.45, 7) is 11.9. The second-order valence-electron chi connectivity index (χ2n) is 6.43. The molecule has 4 heteroatoms. The minimum absolute atomic E-state index is 0.443. The van der Waals surface area contributed by atoms with Crippen molar-refractivity contribution in [2.45, 2.75) is 38.3 Å². The highest BCUT2D eigenvalue weighted by molar-refractivity contribution is 4.90. The van der Waals surface area contributed by atoms with Crippen LogP contribution in [0.2, 0.25) is 0 Å². The molecule has 2 aliphatic rings. The predicted molar refractivity (Wildman–Crippen MR) is 74.8 cm³/mol. The lowest BCUT2D eigenvalue weighted by molar-refractivity contribution is -0.0558. The van der Waals surface area contributed by atoms with Crippen LogP contribution in [-0.4, -0.2) is 84.3 Å². The van der Waals surface area contributed by atoms with Gasteiger partial charge in [0, 0.05) is 51.9 Å². The third kappa shape index (κ3) is 3.67. The quantitative estimate of drug-likeness (QED) is 0.794. The van der Waals surface area contributed by atoms with Crippen LogP contribution in [-0.2, 0) is 0 Å². The molecule has 0 unspecified atom stereocenters. The third-order valence-corrected chi connectivity index (χ3v) is 4.57. The van der Waals surface area contributed by atoms with Gasteiger partial charge in [0.05, 0.1) is 5.60 Å². The Balaban J connectivity index is 1.79. The number of piperidine rings is 1.